The summed E-state index contributed by atoms with van der Waals surface area (Å²) in [6.07, 6.45) is 6.45. The highest BCUT2D eigenvalue weighted by molar-refractivity contribution is 6.07. The van der Waals surface area contributed by atoms with E-state index in [-0.39, 0.29) is 6.04 Å². The number of hydrogen-bond acceptors (Lipinski definition) is 5. The van der Waals surface area contributed by atoms with Crippen LogP contribution in [-0.2, 0) is 40.9 Å². The van der Waals surface area contributed by atoms with Gasteiger partial charge in [-0.3, -0.25) is 9.59 Å². The van der Waals surface area contributed by atoms with Crippen molar-refractivity contribution in [3.63, 3.8) is 0 Å². The van der Waals surface area contributed by atoms with Gasteiger partial charge in [0.1, 0.15) is 0 Å². The summed E-state index contributed by atoms with van der Waals surface area (Å²) in [6.45, 7) is 3.03. The molecule has 0 fully saturated rings. The number of aryl methyl sites for hydroxylation is 2. The van der Waals surface area contributed by atoms with Crippen LogP contribution in [0.2, 0.25) is 0 Å². The Morgan fingerprint density at radius 1 is 1.00 bits per heavy atom. The molecule has 7 heteroatoms. The normalized spacial score (nSPS) is 16.9. The molecule has 0 unspecified atom stereocenters. The first-order valence-corrected chi connectivity index (χ1v) is 11.0. The van der Waals surface area contributed by atoms with Gasteiger partial charge in [-0.05, 0) is 59.6 Å². The van der Waals surface area contributed by atoms with Gasteiger partial charge < -0.3 is 16.4 Å². The van der Waals surface area contributed by atoms with Gasteiger partial charge in [0.25, 0.3) is 0 Å². The monoisotopic (exact) mass is 431 g/mol. The first-order chi connectivity index (χ1) is 15.6. The molecular weight excluding hydrogens is 402 g/mol. The zero-order valence-electron chi connectivity index (χ0n) is 18.3. The molecule has 1 aliphatic carbocycles. The number of benzene rings is 2. The lowest BCUT2D eigenvalue weighted by molar-refractivity contribution is -0.110. The first-order valence-electron chi connectivity index (χ1n) is 11.0. The zero-order chi connectivity index (χ0) is 22.6. The molecule has 1 aliphatic heterocycles. The molecule has 2 amide bonds. The third kappa shape index (κ3) is 4.08. The number of nitrogens with one attached hydrogen (secondary N) is 2. The molecule has 0 bridgehead atoms. The second-order valence-electron chi connectivity index (χ2n) is 8.62. The maximum Gasteiger partial charge on any atom is 0.207 e. The van der Waals surface area contributed by atoms with Gasteiger partial charge >= 0.3 is 0 Å². The van der Waals surface area contributed by atoms with Crippen LogP contribution in [0.5, 0.6) is 0 Å². The Labute approximate surface area is 188 Å². The molecule has 0 aromatic heterocycles. The highest BCUT2D eigenvalue weighted by Gasteiger charge is 2.44. The van der Waals surface area contributed by atoms with E-state index in [2.05, 4.69) is 57.2 Å². The Morgan fingerprint density at radius 3 is 2.00 bits per heavy atom. The number of carbonyl (C=O) groups excluding carboxylic acids is 2. The fraction of sp³-hybridized carbons (Fsp3) is 0.360. The van der Waals surface area contributed by atoms with Crippen molar-refractivity contribution in [3.05, 3.63) is 69.8 Å². The third-order valence-electron chi connectivity index (χ3n) is 6.37. The van der Waals surface area contributed by atoms with E-state index in [0.29, 0.717) is 25.9 Å². The molecular formula is C25H29N5O2. The second-order valence-corrected chi connectivity index (χ2v) is 8.62. The van der Waals surface area contributed by atoms with E-state index in [4.69, 9.17) is 5.73 Å². The molecule has 32 heavy (non-hydrogen) atoms. The zero-order valence-corrected chi connectivity index (χ0v) is 18.3. The fourth-order valence-corrected chi connectivity index (χ4v) is 5.16. The highest BCUT2D eigenvalue weighted by Crippen LogP contribution is 2.46. The lowest BCUT2D eigenvalue weighted by atomic mass is 9.65. The average Bonchev–Trinajstić information content (AvgIpc) is 3.30. The Hall–Kier alpha value is -3.32. The second kappa shape index (κ2) is 9.44. The van der Waals surface area contributed by atoms with E-state index in [1.165, 1.54) is 22.3 Å². The van der Waals surface area contributed by atoms with Crippen molar-refractivity contribution in [1.29, 1.82) is 0 Å². The van der Waals surface area contributed by atoms with Gasteiger partial charge in [0, 0.05) is 31.8 Å². The number of carbonyl (C=O) groups is 2. The van der Waals surface area contributed by atoms with Crippen LogP contribution in [-0.4, -0.2) is 30.8 Å². The molecule has 0 saturated carbocycles. The molecule has 1 atom stereocenters. The molecule has 7 nitrogen and oxygen atoms in total. The number of nitrogens with two attached hydrogens (primary N) is 1. The van der Waals surface area contributed by atoms with Crippen molar-refractivity contribution in [1.82, 2.24) is 10.6 Å². The van der Waals surface area contributed by atoms with Crippen LogP contribution in [0.1, 0.15) is 53.1 Å². The van der Waals surface area contributed by atoms with Gasteiger partial charge in [-0.2, -0.15) is 10.2 Å². The number of amides is 2. The fourth-order valence-electron chi connectivity index (χ4n) is 5.16. The van der Waals surface area contributed by atoms with E-state index in [9.17, 15) is 9.59 Å². The molecule has 4 rings (SSSR count). The maximum atomic E-state index is 10.8. The minimum atomic E-state index is -0.473. The molecule has 0 spiro atoms. The van der Waals surface area contributed by atoms with Gasteiger partial charge in [0.2, 0.25) is 12.8 Å². The summed E-state index contributed by atoms with van der Waals surface area (Å²) in [5, 5.41) is 14.3. The predicted molar refractivity (Wildman–Crippen MR) is 126 cm³/mol. The standard InChI is InChI=1S/C25H29N5O2/c1-17(26)12-25(24-8-9-29-30-24)22-6-2-18(13-27-15-31)10-20(22)4-5-21-11-19(14-28-16-32)3-7-23(21)25/h2-3,6-7,9-11,15-17H,4-5,8,12-14,26H2,1H3,(H,27,31)(H,28,32)/t17-/m1/s1. The molecule has 2 aliphatic rings. The maximum absolute atomic E-state index is 10.8. The number of fused-ring (bicyclic) bond motifs is 2. The molecule has 4 N–H and O–H groups in total. The molecule has 0 radical (unpaired) electrons. The lowest BCUT2D eigenvalue weighted by Gasteiger charge is -2.38. The van der Waals surface area contributed by atoms with Crippen LogP contribution >= 0.6 is 0 Å². The van der Waals surface area contributed by atoms with Crippen LogP contribution in [0, 0.1) is 0 Å². The van der Waals surface area contributed by atoms with Crippen LogP contribution in [0.25, 0.3) is 0 Å². The quantitative estimate of drug-likeness (QED) is 0.529. The summed E-state index contributed by atoms with van der Waals surface area (Å²) < 4.78 is 0. The Balaban J connectivity index is 1.91. The molecule has 0 saturated heterocycles. The Kier molecular flexibility index (Phi) is 6.46. The van der Waals surface area contributed by atoms with Crippen LogP contribution in [0.15, 0.2) is 46.6 Å². The van der Waals surface area contributed by atoms with Crippen molar-refractivity contribution in [2.75, 3.05) is 0 Å². The van der Waals surface area contributed by atoms with E-state index >= 15 is 0 Å². The van der Waals surface area contributed by atoms with Crippen LogP contribution in [0.4, 0.5) is 0 Å². The third-order valence-corrected chi connectivity index (χ3v) is 6.37. The van der Waals surface area contributed by atoms with E-state index in [0.717, 1.165) is 42.5 Å². The molecule has 1 heterocycles. The summed E-state index contributed by atoms with van der Waals surface area (Å²) >= 11 is 0. The lowest BCUT2D eigenvalue weighted by Crippen LogP contribution is -2.42. The van der Waals surface area contributed by atoms with Crippen molar-refractivity contribution in [2.45, 2.75) is 57.2 Å². The molecule has 2 aromatic rings. The number of rotatable bonds is 9. The minimum Gasteiger partial charge on any atom is -0.355 e. The summed E-state index contributed by atoms with van der Waals surface area (Å²) in [5.41, 5.74) is 14.0. The topological polar surface area (TPSA) is 109 Å². The number of nitrogens with zero attached hydrogens (tertiary/aromatic N) is 2. The van der Waals surface area contributed by atoms with Gasteiger partial charge in [-0.15, -0.1) is 0 Å². The van der Waals surface area contributed by atoms with E-state index in [1.807, 2.05) is 13.1 Å². The minimum absolute atomic E-state index is 0.0510. The summed E-state index contributed by atoms with van der Waals surface area (Å²) in [6, 6.07) is 12.8. The summed E-state index contributed by atoms with van der Waals surface area (Å²) in [4.78, 5) is 21.6. The summed E-state index contributed by atoms with van der Waals surface area (Å²) in [5.74, 6) is 0. The van der Waals surface area contributed by atoms with Crippen LogP contribution < -0.4 is 16.4 Å². The van der Waals surface area contributed by atoms with E-state index < -0.39 is 5.41 Å². The predicted octanol–water partition coefficient (Wildman–Crippen LogP) is 2.13. The van der Waals surface area contributed by atoms with Gasteiger partial charge in [-0.1, -0.05) is 36.4 Å². The Bertz CT molecular complexity index is 1010. The SMILES string of the molecule is C[C@@H](N)CC1(C2=NN=CC2)c2ccc(CNC=O)cc2CCc2cc(CNC=O)ccc21. The first kappa shape index (κ1) is 21.9. The number of hydrogen-bond donors (Lipinski definition) is 3. The van der Waals surface area contributed by atoms with Gasteiger partial charge in [0.05, 0.1) is 11.1 Å². The van der Waals surface area contributed by atoms with Crippen molar-refractivity contribution in [3.8, 4) is 0 Å². The van der Waals surface area contributed by atoms with E-state index in [1.54, 1.807) is 0 Å². The molecule has 166 valence electrons. The highest BCUT2D eigenvalue weighted by atomic mass is 16.1. The van der Waals surface area contributed by atoms with Crippen molar-refractivity contribution in [2.24, 2.45) is 15.9 Å². The smallest absolute Gasteiger partial charge is 0.207 e. The average molecular weight is 432 g/mol. The molecule has 2 aromatic carbocycles. The van der Waals surface area contributed by atoms with Crippen molar-refractivity contribution >= 4 is 24.7 Å². The van der Waals surface area contributed by atoms with Crippen molar-refractivity contribution < 1.29 is 9.59 Å². The summed E-state index contributed by atoms with van der Waals surface area (Å²) in [7, 11) is 0. The van der Waals surface area contributed by atoms with Gasteiger partial charge in [0.15, 0.2) is 0 Å². The Morgan fingerprint density at radius 2 is 1.56 bits per heavy atom. The largest absolute Gasteiger partial charge is 0.355 e. The van der Waals surface area contributed by atoms with Gasteiger partial charge in [-0.25, -0.2) is 0 Å². The van der Waals surface area contributed by atoms with Crippen LogP contribution in [0.3, 0.4) is 0 Å².